The Morgan fingerprint density at radius 1 is 1.29 bits per heavy atom. The summed E-state index contributed by atoms with van der Waals surface area (Å²) in [6.45, 7) is 6.10. The molecule has 2 unspecified atom stereocenters. The molecule has 1 aliphatic heterocycles. The molecule has 2 rings (SSSR count). The van der Waals surface area contributed by atoms with Gasteiger partial charge in [0.05, 0.1) is 12.6 Å². The number of benzene rings is 1. The van der Waals surface area contributed by atoms with E-state index in [4.69, 9.17) is 10.5 Å². The molecule has 21 heavy (non-hydrogen) atoms. The summed E-state index contributed by atoms with van der Waals surface area (Å²) in [5.41, 5.74) is 7.74. The smallest absolute Gasteiger partial charge is 0.124 e. The van der Waals surface area contributed by atoms with Crippen LogP contribution in [-0.2, 0) is 0 Å². The van der Waals surface area contributed by atoms with E-state index in [0.717, 1.165) is 44.0 Å². The van der Waals surface area contributed by atoms with Gasteiger partial charge in [-0.1, -0.05) is 25.1 Å². The zero-order valence-electron chi connectivity index (χ0n) is 13.6. The molecule has 1 aromatic carbocycles. The lowest BCUT2D eigenvalue weighted by molar-refractivity contribution is 0.193. The zero-order valence-corrected chi connectivity index (χ0v) is 13.6. The second kappa shape index (κ2) is 7.78. The number of nitrogens with two attached hydrogens (primary N) is 1. The molecule has 0 bridgehead atoms. The molecule has 4 heteroatoms. The van der Waals surface area contributed by atoms with Gasteiger partial charge in [0.2, 0.25) is 0 Å². The first-order chi connectivity index (χ1) is 10.1. The average Bonchev–Trinajstić information content (AvgIpc) is 2.66. The van der Waals surface area contributed by atoms with Gasteiger partial charge in [-0.2, -0.15) is 0 Å². The lowest BCUT2D eigenvalue weighted by atomic mass is 9.98. The SMILES string of the molecule is CCCOc1ccccc1C(N)C1CN(C)CCCN1C. The highest BCUT2D eigenvalue weighted by Gasteiger charge is 2.28. The van der Waals surface area contributed by atoms with Crippen LogP contribution in [0.15, 0.2) is 24.3 Å². The molecule has 2 N–H and O–H groups in total. The maximum absolute atomic E-state index is 6.62. The van der Waals surface area contributed by atoms with E-state index in [1.165, 1.54) is 6.42 Å². The Kier molecular flexibility index (Phi) is 6.03. The van der Waals surface area contributed by atoms with Gasteiger partial charge in [0.15, 0.2) is 0 Å². The Hall–Kier alpha value is -1.10. The van der Waals surface area contributed by atoms with Crippen molar-refractivity contribution in [2.75, 3.05) is 40.3 Å². The summed E-state index contributed by atoms with van der Waals surface area (Å²) in [4.78, 5) is 4.77. The Balaban J connectivity index is 2.19. The van der Waals surface area contributed by atoms with Crippen LogP contribution in [0.25, 0.3) is 0 Å². The fourth-order valence-corrected chi connectivity index (χ4v) is 3.00. The van der Waals surface area contributed by atoms with Crippen molar-refractivity contribution in [1.82, 2.24) is 9.80 Å². The minimum Gasteiger partial charge on any atom is -0.493 e. The fourth-order valence-electron chi connectivity index (χ4n) is 3.00. The number of para-hydroxylation sites is 1. The van der Waals surface area contributed by atoms with Crippen LogP contribution in [0.1, 0.15) is 31.4 Å². The van der Waals surface area contributed by atoms with Crippen LogP contribution in [0.5, 0.6) is 5.75 Å². The second-order valence-corrected chi connectivity index (χ2v) is 6.08. The predicted molar refractivity (Wildman–Crippen MR) is 87.7 cm³/mol. The largest absolute Gasteiger partial charge is 0.493 e. The number of rotatable bonds is 5. The molecule has 1 saturated heterocycles. The zero-order chi connectivity index (χ0) is 15.2. The summed E-state index contributed by atoms with van der Waals surface area (Å²) in [6, 6.07) is 8.51. The summed E-state index contributed by atoms with van der Waals surface area (Å²) in [7, 11) is 4.36. The van der Waals surface area contributed by atoms with Crippen molar-refractivity contribution in [2.24, 2.45) is 5.73 Å². The molecule has 0 aromatic heterocycles. The molecule has 1 aliphatic rings. The lowest BCUT2D eigenvalue weighted by Crippen LogP contribution is -2.45. The Bertz CT molecular complexity index is 438. The summed E-state index contributed by atoms with van der Waals surface area (Å²) in [6.07, 6.45) is 2.21. The highest BCUT2D eigenvalue weighted by molar-refractivity contribution is 5.36. The van der Waals surface area contributed by atoms with Gasteiger partial charge in [0, 0.05) is 18.2 Å². The van der Waals surface area contributed by atoms with Crippen molar-refractivity contribution in [3.8, 4) is 5.75 Å². The van der Waals surface area contributed by atoms with Crippen molar-refractivity contribution >= 4 is 0 Å². The summed E-state index contributed by atoms with van der Waals surface area (Å²) >= 11 is 0. The molecule has 1 fully saturated rings. The summed E-state index contributed by atoms with van der Waals surface area (Å²) in [5.74, 6) is 0.937. The molecule has 0 saturated carbocycles. The molecule has 0 amide bonds. The van der Waals surface area contributed by atoms with Gasteiger partial charge in [-0.25, -0.2) is 0 Å². The van der Waals surface area contributed by atoms with Crippen LogP contribution in [0.2, 0.25) is 0 Å². The molecule has 0 aliphatic carbocycles. The summed E-state index contributed by atoms with van der Waals surface area (Å²) < 4.78 is 5.88. The topological polar surface area (TPSA) is 41.7 Å². The molecule has 2 atom stereocenters. The van der Waals surface area contributed by atoms with E-state index in [0.29, 0.717) is 6.04 Å². The van der Waals surface area contributed by atoms with Gasteiger partial charge in [0.25, 0.3) is 0 Å². The van der Waals surface area contributed by atoms with E-state index in [9.17, 15) is 0 Å². The van der Waals surface area contributed by atoms with Crippen LogP contribution in [-0.4, -0.2) is 56.2 Å². The van der Waals surface area contributed by atoms with Crippen molar-refractivity contribution in [3.05, 3.63) is 29.8 Å². The molecule has 4 nitrogen and oxygen atoms in total. The van der Waals surface area contributed by atoms with Crippen molar-refractivity contribution in [3.63, 3.8) is 0 Å². The van der Waals surface area contributed by atoms with E-state index in [1.807, 2.05) is 12.1 Å². The van der Waals surface area contributed by atoms with E-state index in [2.05, 4.69) is 43.0 Å². The minimum atomic E-state index is -0.0244. The first-order valence-corrected chi connectivity index (χ1v) is 7.99. The van der Waals surface area contributed by atoms with Crippen LogP contribution < -0.4 is 10.5 Å². The van der Waals surface area contributed by atoms with E-state index < -0.39 is 0 Å². The molecule has 1 heterocycles. The van der Waals surface area contributed by atoms with Crippen molar-refractivity contribution < 1.29 is 4.74 Å². The molecule has 1 aromatic rings. The van der Waals surface area contributed by atoms with Crippen LogP contribution in [0.3, 0.4) is 0 Å². The van der Waals surface area contributed by atoms with Crippen molar-refractivity contribution in [1.29, 1.82) is 0 Å². The van der Waals surface area contributed by atoms with Gasteiger partial charge in [0.1, 0.15) is 5.75 Å². The normalized spacial score (nSPS) is 22.8. The maximum Gasteiger partial charge on any atom is 0.124 e. The van der Waals surface area contributed by atoms with Gasteiger partial charge in [-0.3, -0.25) is 0 Å². The average molecular weight is 291 g/mol. The van der Waals surface area contributed by atoms with Gasteiger partial charge < -0.3 is 20.3 Å². The maximum atomic E-state index is 6.62. The van der Waals surface area contributed by atoms with Crippen molar-refractivity contribution in [2.45, 2.75) is 31.8 Å². The van der Waals surface area contributed by atoms with Crippen LogP contribution in [0.4, 0.5) is 0 Å². The number of hydrogen-bond donors (Lipinski definition) is 1. The number of ether oxygens (including phenoxy) is 1. The molecule has 0 radical (unpaired) electrons. The Morgan fingerprint density at radius 2 is 2.05 bits per heavy atom. The monoisotopic (exact) mass is 291 g/mol. The van der Waals surface area contributed by atoms with Crippen LogP contribution in [0, 0.1) is 0 Å². The highest BCUT2D eigenvalue weighted by Crippen LogP contribution is 2.28. The highest BCUT2D eigenvalue weighted by atomic mass is 16.5. The van der Waals surface area contributed by atoms with Gasteiger partial charge in [-0.05, 0) is 46.1 Å². The van der Waals surface area contributed by atoms with Crippen LogP contribution >= 0.6 is 0 Å². The van der Waals surface area contributed by atoms with E-state index in [1.54, 1.807) is 0 Å². The Labute approximate surface area is 128 Å². The predicted octanol–water partition coefficient (Wildman–Crippen LogP) is 2.11. The number of hydrogen-bond acceptors (Lipinski definition) is 4. The second-order valence-electron chi connectivity index (χ2n) is 6.08. The standard InChI is InChI=1S/C17H29N3O/c1-4-12-21-16-9-6-5-8-14(16)17(18)15-13-19(2)10-7-11-20(15)3/h5-6,8-9,15,17H,4,7,10-13,18H2,1-3H3. The van der Waals surface area contributed by atoms with E-state index in [-0.39, 0.29) is 6.04 Å². The third kappa shape index (κ3) is 4.19. The lowest BCUT2D eigenvalue weighted by Gasteiger charge is -2.33. The van der Waals surface area contributed by atoms with Gasteiger partial charge in [-0.15, -0.1) is 0 Å². The molecular formula is C17H29N3O. The third-order valence-corrected chi connectivity index (χ3v) is 4.27. The molecule has 0 spiro atoms. The Morgan fingerprint density at radius 3 is 2.81 bits per heavy atom. The minimum absolute atomic E-state index is 0.0244. The number of nitrogens with zero attached hydrogens (tertiary/aromatic N) is 2. The van der Waals surface area contributed by atoms with Gasteiger partial charge >= 0.3 is 0 Å². The first kappa shape index (κ1) is 16.3. The quantitative estimate of drug-likeness (QED) is 0.902. The molecule has 118 valence electrons. The molecular weight excluding hydrogens is 262 g/mol. The number of likely N-dealkylation sites (N-methyl/N-ethyl adjacent to an activating group) is 2. The fraction of sp³-hybridized carbons (Fsp3) is 0.647. The first-order valence-electron chi connectivity index (χ1n) is 7.99. The third-order valence-electron chi connectivity index (χ3n) is 4.27. The summed E-state index contributed by atoms with van der Waals surface area (Å²) in [5, 5.41) is 0. The van der Waals surface area contributed by atoms with E-state index >= 15 is 0 Å².